The monoisotopic (exact) mass is 301 g/mol. The SMILES string of the molecule is CCNC1CCCC(S(=O)(=O)c2ccccc2Cl)C1. The molecular formula is C14H20ClNO2S. The van der Waals surface area contributed by atoms with Crippen molar-refractivity contribution in [1.29, 1.82) is 0 Å². The van der Waals surface area contributed by atoms with Gasteiger partial charge in [-0.25, -0.2) is 8.42 Å². The highest BCUT2D eigenvalue weighted by molar-refractivity contribution is 7.92. The van der Waals surface area contributed by atoms with Gasteiger partial charge >= 0.3 is 0 Å². The first-order valence-corrected chi connectivity index (χ1v) is 8.70. The molecule has 1 aromatic rings. The van der Waals surface area contributed by atoms with Crippen LogP contribution in [0.1, 0.15) is 32.6 Å². The van der Waals surface area contributed by atoms with Gasteiger partial charge in [-0.3, -0.25) is 0 Å². The first-order chi connectivity index (χ1) is 9.05. The summed E-state index contributed by atoms with van der Waals surface area (Å²) in [6.45, 7) is 2.93. The highest BCUT2D eigenvalue weighted by Crippen LogP contribution is 2.32. The van der Waals surface area contributed by atoms with E-state index in [0.717, 1.165) is 25.8 Å². The Morgan fingerprint density at radius 1 is 1.32 bits per heavy atom. The van der Waals surface area contributed by atoms with Crippen molar-refractivity contribution < 1.29 is 8.42 Å². The molecule has 0 aromatic heterocycles. The standard InChI is InChI=1S/C14H20ClNO2S/c1-2-16-11-6-5-7-12(10-11)19(17,18)14-9-4-3-8-13(14)15/h3-4,8-9,11-12,16H,2,5-7,10H2,1H3. The van der Waals surface area contributed by atoms with Gasteiger partial charge in [0.05, 0.1) is 15.2 Å². The van der Waals surface area contributed by atoms with Crippen LogP contribution in [-0.4, -0.2) is 26.3 Å². The van der Waals surface area contributed by atoms with Gasteiger partial charge < -0.3 is 5.32 Å². The minimum Gasteiger partial charge on any atom is -0.314 e. The molecule has 0 radical (unpaired) electrons. The van der Waals surface area contributed by atoms with Crippen LogP contribution >= 0.6 is 11.6 Å². The van der Waals surface area contributed by atoms with Crippen LogP contribution < -0.4 is 5.32 Å². The second kappa shape index (κ2) is 6.25. The summed E-state index contributed by atoms with van der Waals surface area (Å²) in [5, 5.41) is 3.37. The molecule has 1 saturated carbocycles. The summed E-state index contributed by atoms with van der Waals surface area (Å²) < 4.78 is 25.3. The predicted molar refractivity (Wildman–Crippen MR) is 78.4 cm³/mol. The van der Waals surface area contributed by atoms with Gasteiger partial charge in [0, 0.05) is 6.04 Å². The molecule has 1 fully saturated rings. The van der Waals surface area contributed by atoms with Gasteiger partial charge in [0.1, 0.15) is 0 Å². The van der Waals surface area contributed by atoms with Crippen molar-refractivity contribution in [2.45, 2.75) is 48.8 Å². The Morgan fingerprint density at radius 2 is 2.05 bits per heavy atom. The van der Waals surface area contributed by atoms with Crippen LogP contribution in [0.3, 0.4) is 0 Å². The minimum absolute atomic E-state index is 0.277. The predicted octanol–water partition coefficient (Wildman–Crippen LogP) is 3.03. The largest absolute Gasteiger partial charge is 0.314 e. The first-order valence-electron chi connectivity index (χ1n) is 6.77. The third-order valence-electron chi connectivity index (χ3n) is 3.70. The summed E-state index contributed by atoms with van der Waals surface area (Å²) >= 11 is 6.03. The average molecular weight is 302 g/mol. The zero-order valence-electron chi connectivity index (χ0n) is 11.1. The van der Waals surface area contributed by atoms with Gasteiger partial charge in [0.2, 0.25) is 0 Å². The molecule has 5 heteroatoms. The molecule has 0 heterocycles. The first kappa shape index (κ1) is 14.8. The maximum absolute atomic E-state index is 12.6. The number of rotatable bonds is 4. The second-order valence-corrected chi connectivity index (χ2v) is 7.62. The number of sulfone groups is 1. The van der Waals surface area contributed by atoms with Crippen molar-refractivity contribution in [3.05, 3.63) is 29.3 Å². The molecule has 0 bridgehead atoms. The number of halogens is 1. The van der Waals surface area contributed by atoms with Crippen molar-refractivity contribution in [2.24, 2.45) is 0 Å². The minimum atomic E-state index is -3.32. The van der Waals surface area contributed by atoms with E-state index < -0.39 is 9.84 Å². The Kier molecular flexibility index (Phi) is 4.87. The van der Waals surface area contributed by atoms with Gasteiger partial charge in [-0.15, -0.1) is 0 Å². The van der Waals surface area contributed by atoms with E-state index in [0.29, 0.717) is 17.5 Å². The van der Waals surface area contributed by atoms with Gasteiger partial charge in [0.25, 0.3) is 0 Å². The number of nitrogens with one attached hydrogen (secondary N) is 1. The molecule has 0 spiro atoms. The van der Waals surface area contributed by atoms with Crippen molar-refractivity contribution in [3.63, 3.8) is 0 Å². The van der Waals surface area contributed by atoms with E-state index >= 15 is 0 Å². The molecule has 106 valence electrons. The van der Waals surface area contributed by atoms with Crippen molar-refractivity contribution in [3.8, 4) is 0 Å². The van der Waals surface area contributed by atoms with Crippen LogP contribution in [0.5, 0.6) is 0 Å². The molecule has 1 aliphatic rings. The van der Waals surface area contributed by atoms with E-state index in [1.54, 1.807) is 24.3 Å². The van der Waals surface area contributed by atoms with Crippen LogP contribution in [-0.2, 0) is 9.84 Å². The Balaban J connectivity index is 2.22. The van der Waals surface area contributed by atoms with Gasteiger partial charge in [0.15, 0.2) is 9.84 Å². The van der Waals surface area contributed by atoms with Crippen LogP contribution in [0.4, 0.5) is 0 Å². The summed E-state index contributed by atoms with van der Waals surface area (Å²) in [6, 6.07) is 7.03. The summed E-state index contributed by atoms with van der Waals surface area (Å²) in [5.74, 6) is 0. The molecule has 1 N–H and O–H groups in total. The zero-order valence-corrected chi connectivity index (χ0v) is 12.7. The maximum Gasteiger partial charge on any atom is 0.182 e. The summed E-state index contributed by atoms with van der Waals surface area (Å²) in [5.41, 5.74) is 0. The Bertz CT molecular complexity index is 528. The Morgan fingerprint density at radius 3 is 2.74 bits per heavy atom. The van der Waals surface area contributed by atoms with E-state index in [1.165, 1.54) is 0 Å². The van der Waals surface area contributed by atoms with E-state index in [-0.39, 0.29) is 10.1 Å². The summed E-state index contributed by atoms with van der Waals surface area (Å²) in [7, 11) is -3.32. The molecule has 0 saturated heterocycles. The third kappa shape index (κ3) is 3.30. The second-order valence-electron chi connectivity index (χ2n) is 5.02. The number of benzene rings is 1. The fourth-order valence-electron chi connectivity index (χ4n) is 2.76. The lowest BCUT2D eigenvalue weighted by molar-refractivity contribution is 0.377. The molecule has 2 atom stereocenters. The molecule has 2 unspecified atom stereocenters. The lowest BCUT2D eigenvalue weighted by Crippen LogP contribution is -2.39. The molecule has 2 rings (SSSR count). The summed E-state index contributed by atoms with van der Waals surface area (Å²) in [4.78, 5) is 0.277. The molecule has 0 aliphatic heterocycles. The van der Waals surface area contributed by atoms with Gasteiger partial charge in [-0.05, 0) is 37.9 Å². The molecular weight excluding hydrogens is 282 g/mol. The highest BCUT2D eigenvalue weighted by atomic mass is 35.5. The number of hydrogen-bond donors (Lipinski definition) is 1. The molecule has 0 amide bonds. The van der Waals surface area contributed by atoms with Crippen molar-refractivity contribution in [2.75, 3.05) is 6.54 Å². The lowest BCUT2D eigenvalue weighted by atomic mass is 9.95. The topological polar surface area (TPSA) is 46.2 Å². The average Bonchev–Trinajstić information content (AvgIpc) is 2.40. The Labute approximate surface area is 120 Å². The molecule has 1 aromatic carbocycles. The quantitative estimate of drug-likeness (QED) is 0.930. The smallest absolute Gasteiger partial charge is 0.182 e. The van der Waals surface area contributed by atoms with E-state index in [1.807, 2.05) is 6.92 Å². The summed E-state index contributed by atoms with van der Waals surface area (Å²) in [6.07, 6.45) is 3.42. The van der Waals surface area contributed by atoms with Crippen molar-refractivity contribution in [1.82, 2.24) is 5.32 Å². The normalized spacial score (nSPS) is 24.3. The lowest BCUT2D eigenvalue weighted by Gasteiger charge is -2.29. The molecule has 1 aliphatic carbocycles. The molecule has 3 nitrogen and oxygen atoms in total. The van der Waals surface area contributed by atoms with E-state index in [4.69, 9.17) is 11.6 Å². The molecule has 19 heavy (non-hydrogen) atoms. The van der Waals surface area contributed by atoms with Crippen LogP contribution in [0.25, 0.3) is 0 Å². The van der Waals surface area contributed by atoms with Crippen molar-refractivity contribution >= 4 is 21.4 Å². The maximum atomic E-state index is 12.6. The highest BCUT2D eigenvalue weighted by Gasteiger charge is 2.33. The van der Waals surface area contributed by atoms with Gasteiger partial charge in [-0.2, -0.15) is 0 Å². The zero-order chi connectivity index (χ0) is 13.9. The van der Waals surface area contributed by atoms with Crippen LogP contribution in [0.2, 0.25) is 5.02 Å². The van der Waals surface area contributed by atoms with Crippen LogP contribution in [0.15, 0.2) is 29.2 Å². The van der Waals surface area contributed by atoms with Gasteiger partial charge in [-0.1, -0.05) is 37.1 Å². The van der Waals surface area contributed by atoms with Crippen LogP contribution in [0, 0.1) is 0 Å². The van der Waals surface area contributed by atoms with E-state index in [9.17, 15) is 8.42 Å². The fraction of sp³-hybridized carbons (Fsp3) is 0.571. The Hall–Kier alpha value is -0.580. The third-order valence-corrected chi connectivity index (χ3v) is 6.42. The van der Waals surface area contributed by atoms with E-state index in [2.05, 4.69) is 5.32 Å². The fourth-order valence-corrected chi connectivity index (χ4v) is 5.14. The number of hydrogen-bond acceptors (Lipinski definition) is 3.